The van der Waals surface area contributed by atoms with Crippen LogP contribution in [0.2, 0.25) is 0 Å². The van der Waals surface area contributed by atoms with E-state index in [4.69, 9.17) is 15.8 Å². The maximum absolute atomic E-state index is 14.8. The van der Waals surface area contributed by atoms with Gasteiger partial charge in [-0.25, -0.2) is 4.39 Å². The van der Waals surface area contributed by atoms with E-state index in [0.29, 0.717) is 24.3 Å². The molecule has 0 spiro atoms. The Kier molecular flexibility index (Phi) is 6.69. The highest BCUT2D eigenvalue weighted by Crippen LogP contribution is 3.01. The second-order valence-electron chi connectivity index (χ2n) is 7.20. The highest BCUT2D eigenvalue weighted by Gasteiger charge is 2.68. The van der Waals surface area contributed by atoms with Crippen LogP contribution in [-0.2, 0) is 12.4 Å². The molecule has 202 valence electrons. The molecule has 0 fully saturated rings. The smallest absolute Gasteiger partial charge is 0.206 e. The van der Waals surface area contributed by atoms with Gasteiger partial charge in [0.1, 0.15) is 46.6 Å². The van der Waals surface area contributed by atoms with Crippen molar-refractivity contribution in [2.45, 2.75) is 17.2 Å². The Labute approximate surface area is 208 Å². The predicted molar refractivity (Wildman–Crippen MR) is 106 cm³/mol. The Morgan fingerprint density at radius 1 is 0.667 bits per heavy atom. The highest BCUT2D eigenvalue weighted by molar-refractivity contribution is 8.45. The Hall–Kier alpha value is -4.86. The first-order valence-electron chi connectivity index (χ1n) is 9.15. The van der Waals surface area contributed by atoms with E-state index in [9.17, 15) is 60.7 Å². The Bertz CT molecular complexity index is 1720. The van der Waals surface area contributed by atoms with Crippen LogP contribution in [0, 0.1) is 62.5 Å². The minimum Gasteiger partial charge on any atom is -0.206 e. The number of nitriles is 5. The van der Waals surface area contributed by atoms with Crippen molar-refractivity contribution in [3.8, 4) is 30.3 Å². The summed E-state index contributed by atoms with van der Waals surface area (Å²) in [7, 11) is -11.3. The quantitative estimate of drug-likeness (QED) is 0.390. The molecule has 0 saturated heterocycles. The van der Waals surface area contributed by atoms with E-state index in [1.54, 1.807) is 0 Å². The molecule has 0 radical (unpaired) electrons. The van der Waals surface area contributed by atoms with E-state index in [1.165, 1.54) is 0 Å². The lowest BCUT2D eigenvalue weighted by molar-refractivity contribution is -0.143. The SMILES string of the molecule is N#CC(C#N)=c1c(F)c/c(=C(/C#N)c2cc(C(F)(F)F)c(C#N)c(C(F)(F)F)c2)c(C#N)c1S(F)(F)(F)(F)F. The first kappa shape index (κ1) is 30.4. The lowest BCUT2D eigenvalue weighted by atomic mass is 9.92. The molecule has 2 aromatic carbocycles. The largest absolute Gasteiger partial charge is 0.417 e. The number of hydrogen-bond donors (Lipinski definition) is 0. The highest BCUT2D eigenvalue weighted by atomic mass is 32.5. The standard InChI is InChI=1S/C21H3F12N5S/c22-17-3-11(13(7-37)19(39(29,30,31,32)33)18(17)10(4-34)5-35)12(6-36)9-1-15(20(23,24)25)14(8-38)16(2-9)21(26,27)28/h1-3H/b12-11+. The van der Waals surface area contributed by atoms with Crippen molar-refractivity contribution < 1.29 is 50.2 Å². The fourth-order valence-electron chi connectivity index (χ4n) is 3.32. The second-order valence-corrected chi connectivity index (χ2v) is 9.55. The van der Waals surface area contributed by atoms with E-state index in [2.05, 4.69) is 0 Å². The summed E-state index contributed by atoms with van der Waals surface area (Å²) >= 11 is 0. The van der Waals surface area contributed by atoms with Crippen LogP contribution < -0.4 is 10.4 Å². The van der Waals surface area contributed by atoms with Gasteiger partial charge >= 0.3 is 22.6 Å². The topological polar surface area (TPSA) is 119 Å². The maximum atomic E-state index is 14.8. The summed E-state index contributed by atoms with van der Waals surface area (Å²) in [5.74, 6) is -2.49. The Morgan fingerprint density at radius 2 is 1.10 bits per heavy atom. The summed E-state index contributed by atoms with van der Waals surface area (Å²) < 4.78 is 166. The molecule has 0 saturated carbocycles. The average Bonchev–Trinajstić information content (AvgIpc) is 2.77. The molecule has 0 atom stereocenters. The van der Waals surface area contributed by atoms with Gasteiger partial charge in [0.05, 0.1) is 33.0 Å². The van der Waals surface area contributed by atoms with E-state index in [-0.39, 0.29) is 18.2 Å². The molecule has 0 aliphatic rings. The normalized spacial score (nSPS) is 14.3. The number of nitrogens with zero attached hydrogens (tertiary/aromatic N) is 5. The first-order chi connectivity index (χ1) is 17.5. The summed E-state index contributed by atoms with van der Waals surface area (Å²) in [6.07, 6.45) is -11.5. The van der Waals surface area contributed by atoms with Crippen molar-refractivity contribution in [3.63, 3.8) is 0 Å². The first-order valence-corrected chi connectivity index (χ1v) is 11.1. The maximum Gasteiger partial charge on any atom is 0.417 e. The summed E-state index contributed by atoms with van der Waals surface area (Å²) in [4.78, 5) is -3.50. The van der Waals surface area contributed by atoms with Gasteiger partial charge < -0.3 is 0 Å². The molecule has 2 aromatic rings. The van der Waals surface area contributed by atoms with Crippen LogP contribution >= 0.6 is 10.2 Å². The van der Waals surface area contributed by atoms with Crippen LogP contribution in [0.1, 0.15) is 27.8 Å². The molecule has 0 N–H and O–H groups in total. The van der Waals surface area contributed by atoms with Crippen LogP contribution in [0.4, 0.5) is 50.2 Å². The van der Waals surface area contributed by atoms with Crippen LogP contribution in [-0.4, -0.2) is 0 Å². The van der Waals surface area contributed by atoms with Crippen molar-refractivity contribution in [1.82, 2.24) is 0 Å². The molecular formula is C21H3F12N5S. The van der Waals surface area contributed by atoms with Gasteiger partial charge in [0.25, 0.3) is 0 Å². The lowest BCUT2D eigenvalue weighted by Crippen LogP contribution is -2.31. The van der Waals surface area contributed by atoms with Gasteiger partial charge in [-0.1, -0.05) is 19.4 Å². The third-order valence-electron chi connectivity index (χ3n) is 4.74. The van der Waals surface area contributed by atoms with E-state index in [0.717, 1.165) is 6.07 Å². The van der Waals surface area contributed by atoms with Gasteiger partial charge in [-0.15, -0.1) is 0 Å². The zero-order chi connectivity index (χ0) is 30.4. The molecule has 0 amide bonds. The molecule has 39 heavy (non-hydrogen) atoms. The van der Waals surface area contributed by atoms with Gasteiger partial charge in [0.15, 0.2) is 0 Å². The number of hydrogen-bond acceptors (Lipinski definition) is 5. The third-order valence-corrected chi connectivity index (χ3v) is 5.92. The van der Waals surface area contributed by atoms with Crippen molar-refractivity contribution >= 4 is 21.4 Å². The van der Waals surface area contributed by atoms with Gasteiger partial charge in [-0.2, -0.15) is 52.7 Å². The van der Waals surface area contributed by atoms with Crippen molar-refractivity contribution in [2.75, 3.05) is 0 Å². The summed E-state index contributed by atoms with van der Waals surface area (Å²) in [6.45, 7) is 0. The number of benzene rings is 2. The zero-order valence-corrected chi connectivity index (χ0v) is 18.7. The third kappa shape index (κ3) is 5.69. The molecule has 0 unspecified atom stereocenters. The molecule has 5 nitrogen and oxygen atoms in total. The van der Waals surface area contributed by atoms with E-state index < -0.39 is 82.7 Å². The van der Waals surface area contributed by atoms with E-state index >= 15 is 0 Å². The second kappa shape index (κ2) is 8.59. The fourth-order valence-corrected chi connectivity index (χ4v) is 4.45. The zero-order valence-electron chi connectivity index (χ0n) is 17.9. The van der Waals surface area contributed by atoms with Gasteiger partial charge in [0, 0.05) is 5.22 Å². The number of rotatable bonds is 2. The molecule has 0 aliphatic heterocycles. The molecule has 0 aromatic heterocycles. The molecule has 2 rings (SSSR count). The predicted octanol–water partition coefficient (Wildman–Crippen LogP) is 6.18. The fraction of sp³-hybridized carbons (Fsp3) is 0.0952. The summed E-state index contributed by atoms with van der Waals surface area (Å²) in [6, 6.07) is 2.51. The number of halogens is 12. The molecule has 18 heteroatoms. The van der Waals surface area contributed by atoms with Gasteiger partial charge in [0.2, 0.25) is 0 Å². The van der Waals surface area contributed by atoms with Crippen LogP contribution in [0.15, 0.2) is 23.1 Å². The summed E-state index contributed by atoms with van der Waals surface area (Å²) in [5, 5.41) is 41.0. The van der Waals surface area contributed by atoms with Crippen LogP contribution in [0.25, 0.3) is 11.1 Å². The summed E-state index contributed by atoms with van der Waals surface area (Å²) in [5.41, 5.74) is -14.4. The molecule has 0 bridgehead atoms. The van der Waals surface area contributed by atoms with Crippen LogP contribution in [0.3, 0.4) is 0 Å². The molecule has 0 heterocycles. The molecule has 0 aliphatic carbocycles. The van der Waals surface area contributed by atoms with Crippen molar-refractivity contribution in [2.24, 2.45) is 0 Å². The minimum absolute atomic E-state index is 0.313. The molecular weight excluding hydrogens is 582 g/mol. The lowest BCUT2D eigenvalue weighted by Gasteiger charge is -2.41. The van der Waals surface area contributed by atoms with Crippen LogP contribution in [0.5, 0.6) is 0 Å². The van der Waals surface area contributed by atoms with Crippen molar-refractivity contribution in [1.29, 1.82) is 26.3 Å². The van der Waals surface area contributed by atoms with Gasteiger partial charge in [-0.3, -0.25) is 0 Å². The van der Waals surface area contributed by atoms with Gasteiger partial charge in [-0.05, 0) is 23.8 Å². The Balaban J connectivity index is 3.53. The van der Waals surface area contributed by atoms with E-state index in [1.807, 2.05) is 0 Å². The Morgan fingerprint density at radius 3 is 1.41 bits per heavy atom. The number of alkyl halides is 6. The minimum atomic E-state index is -11.3. The average molecular weight is 585 g/mol. The van der Waals surface area contributed by atoms with Crippen molar-refractivity contribution in [3.05, 3.63) is 62.3 Å². The monoisotopic (exact) mass is 585 g/mol.